The number of aromatic nitrogens is 2. The van der Waals surface area contributed by atoms with Crippen molar-refractivity contribution in [1.82, 2.24) is 19.2 Å². The van der Waals surface area contributed by atoms with Crippen molar-refractivity contribution in [1.29, 1.82) is 0 Å². The Morgan fingerprint density at radius 3 is 2.52 bits per heavy atom. The molecule has 0 bridgehead atoms. The zero-order valence-electron chi connectivity index (χ0n) is 15.0. The van der Waals surface area contributed by atoms with E-state index >= 15 is 0 Å². The molecule has 148 valence electrons. The highest BCUT2D eigenvalue weighted by molar-refractivity contribution is 7.21. The van der Waals surface area contributed by atoms with Gasteiger partial charge in [-0.1, -0.05) is 11.6 Å². The summed E-state index contributed by atoms with van der Waals surface area (Å²) >= 11 is 8.95. The molecule has 29 heavy (non-hydrogen) atoms. The highest BCUT2D eigenvalue weighted by Gasteiger charge is 2.28. The molecule has 0 aliphatic carbocycles. The van der Waals surface area contributed by atoms with Gasteiger partial charge in [-0.2, -0.15) is 0 Å². The second kappa shape index (κ2) is 7.08. The van der Waals surface area contributed by atoms with Crippen LogP contribution in [0, 0.1) is 5.82 Å². The topological polar surface area (TPSA) is 57.9 Å². The largest absolute Gasteiger partial charge is 0.335 e. The number of thiazole rings is 1. The van der Waals surface area contributed by atoms with E-state index in [4.69, 9.17) is 11.6 Å². The Morgan fingerprint density at radius 1 is 1.07 bits per heavy atom. The average Bonchev–Trinajstić information content (AvgIpc) is 3.39. The Morgan fingerprint density at radius 2 is 1.79 bits per heavy atom. The number of amides is 2. The molecule has 10 heteroatoms. The van der Waals surface area contributed by atoms with E-state index in [0.29, 0.717) is 31.1 Å². The first-order chi connectivity index (χ1) is 14.0. The van der Waals surface area contributed by atoms with E-state index in [0.717, 1.165) is 21.4 Å². The van der Waals surface area contributed by atoms with E-state index in [1.54, 1.807) is 21.1 Å². The molecule has 0 radical (unpaired) electrons. The van der Waals surface area contributed by atoms with Gasteiger partial charge in [0.1, 0.15) is 10.6 Å². The molecular formula is C19H14ClFN4O2S2. The molecule has 0 N–H and O–H groups in total. The van der Waals surface area contributed by atoms with Crippen molar-refractivity contribution in [3.63, 3.8) is 0 Å². The third-order valence-corrected chi connectivity index (χ3v) is 7.04. The van der Waals surface area contributed by atoms with Crippen molar-refractivity contribution >= 4 is 61.4 Å². The minimum atomic E-state index is -0.482. The number of carbonyl (C=O) groups is 2. The summed E-state index contributed by atoms with van der Waals surface area (Å²) in [5.41, 5.74) is 1.21. The van der Waals surface area contributed by atoms with Crippen molar-refractivity contribution in [2.75, 3.05) is 26.2 Å². The number of fused-ring (bicyclic) bond motifs is 3. The number of carbonyl (C=O) groups excluding carboxylic acids is 2. The van der Waals surface area contributed by atoms with E-state index < -0.39 is 5.82 Å². The fourth-order valence-corrected chi connectivity index (χ4v) is 5.47. The molecule has 0 unspecified atom stereocenters. The van der Waals surface area contributed by atoms with Crippen molar-refractivity contribution in [3.05, 3.63) is 57.1 Å². The van der Waals surface area contributed by atoms with Crippen molar-refractivity contribution in [2.45, 2.75) is 0 Å². The van der Waals surface area contributed by atoms with Crippen molar-refractivity contribution in [2.24, 2.45) is 0 Å². The van der Waals surface area contributed by atoms with Crippen LogP contribution in [-0.4, -0.2) is 57.2 Å². The SMILES string of the molecule is O=C(c1cc2c(nc3sccn32)s1)N1CCN(C(=O)c2ccc(F)cc2Cl)CC1. The molecule has 0 spiro atoms. The summed E-state index contributed by atoms with van der Waals surface area (Å²) in [5, 5.41) is 2.06. The second-order valence-electron chi connectivity index (χ2n) is 6.68. The number of thiophene rings is 1. The highest BCUT2D eigenvalue weighted by atomic mass is 35.5. The smallest absolute Gasteiger partial charge is 0.264 e. The number of benzene rings is 1. The lowest BCUT2D eigenvalue weighted by atomic mass is 10.1. The minimum absolute atomic E-state index is 0.0520. The maximum atomic E-state index is 13.2. The zero-order chi connectivity index (χ0) is 20.1. The predicted molar refractivity (Wildman–Crippen MR) is 112 cm³/mol. The fraction of sp³-hybridized carbons (Fsp3) is 0.211. The van der Waals surface area contributed by atoms with Gasteiger partial charge < -0.3 is 9.80 Å². The Labute approximate surface area is 177 Å². The van der Waals surface area contributed by atoms with Crippen LogP contribution in [0.5, 0.6) is 0 Å². The van der Waals surface area contributed by atoms with Gasteiger partial charge in [-0.15, -0.1) is 22.7 Å². The van der Waals surface area contributed by atoms with E-state index in [-0.39, 0.29) is 22.4 Å². The van der Waals surface area contributed by atoms with Gasteiger partial charge in [0, 0.05) is 37.8 Å². The molecule has 3 aromatic heterocycles. The first kappa shape index (κ1) is 18.5. The molecule has 4 aromatic rings. The molecule has 0 saturated carbocycles. The van der Waals surface area contributed by atoms with Crippen molar-refractivity contribution < 1.29 is 14.0 Å². The van der Waals surface area contributed by atoms with Crippen LogP contribution in [0.3, 0.4) is 0 Å². The first-order valence-corrected chi connectivity index (χ1v) is 11.0. The fourth-order valence-electron chi connectivity index (χ4n) is 3.45. The molecule has 1 aliphatic heterocycles. The molecule has 1 fully saturated rings. The summed E-state index contributed by atoms with van der Waals surface area (Å²) in [6.07, 6.45) is 1.95. The van der Waals surface area contributed by atoms with E-state index in [1.807, 2.05) is 22.0 Å². The molecule has 0 atom stereocenters. The lowest BCUT2D eigenvalue weighted by Gasteiger charge is -2.34. The van der Waals surface area contributed by atoms with Gasteiger partial charge in [-0.05, 0) is 24.3 Å². The normalized spacial score (nSPS) is 14.8. The number of nitrogens with zero attached hydrogens (tertiary/aromatic N) is 4. The van der Waals surface area contributed by atoms with Gasteiger partial charge in [0.05, 0.1) is 21.0 Å². The molecule has 1 aromatic carbocycles. The third kappa shape index (κ3) is 3.19. The number of imidazole rings is 1. The third-order valence-electron chi connectivity index (χ3n) is 4.97. The molecule has 2 amide bonds. The summed E-state index contributed by atoms with van der Waals surface area (Å²) in [5.74, 6) is -0.787. The van der Waals surface area contributed by atoms with Gasteiger partial charge in [0.2, 0.25) is 0 Å². The number of hydrogen-bond acceptors (Lipinski definition) is 5. The average molecular weight is 449 g/mol. The zero-order valence-corrected chi connectivity index (χ0v) is 17.4. The summed E-state index contributed by atoms with van der Waals surface area (Å²) in [6.45, 7) is 1.66. The van der Waals surface area contributed by atoms with Crippen LogP contribution < -0.4 is 0 Å². The summed E-state index contributed by atoms with van der Waals surface area (Å²) in [7, 11) is 0. The van der Waals surface area contributed by atoms with E-state index in [2.05, 4.69) is 4.98 Å². The number of rotatable bonds is 2. The minimum Gasteiger partial charge on any atom is -0.335 e. The van der Waals surface area contributed by atoms with Gasteiger partial charge in [0.25, 0.3) is 11.8 Å². The molecule has 5 rings (SSSR count). The van der Waals surface area contributed by atoms with Crippen LogP contribution in [0.1, 0.15) is 20.0 Å². The number of piperazine rings is 1. The van der Waals surface area contributed by atoms with Crippen LogP contribution >= 0.6 is 34.3 Å². The molecular weight excluding hydrogens is 435 g/mol. The Kier molecular flexibility index (Phi) is 4.53. The first-order valence-electron chi connectivity index (χ1n) is 8.90. The van der Waals surface area contributed by atoms with E-state index in [9.17, 15) is 14.0 Å². The van der Waals surface area contributed by atoms with Crippen LogP contribution in [0.2, 0.25) is 5.02 Å². The predicted octanol–water partition coefficient (Wildman–Crippen LogP) is 4.00. The second-order valence-corrected chi connectivity index (χ2v) is 8.99. The van der Waals surface area contributed by atoms with Gasteiger partial charge >= 0.3 is 0 Å². The number of hydrogen-bond donors (Lipinski definition) is 0. The maximum absolute atomic E-state index is 13.2. The van der Waals surface area contributed by atoms with Crippen LogP contribution in [0.4, 0.5) is 4.39 Å². The van der Waals surface area contributed by atoms with Gasteiger partial charge in [0.15, 0.2) is 4.96 Å². The molecule has 1 aliphatic rings. The standard InChI is InChI=1S/C19H14ClFN4O2S2/c20-13-9-11(21)1-2-12(13)17(26)23-3-5-24(6-4-23)18(27)15-10-14-16(29-15)22-19-25(14)7-8-28-19/h1-2,7-10H,3-6H2. The van der Waals surface area contributed by atoms with E-state index in [1.165, 1.54) is 23.5 Å². The Bertz CT molecular complexity index is 1260. The Balaban J connectivity index is 1.29. The summed E-state index contributed by atoms with van der Waals surface area (Å²) in [6, 6.07) is 5.62. The molecule has 1 saturated heterocycles. The summed E-state index contributed by atoms with van der Waals surface area (Å²) in [4.78, 5) is 35.9. The monoisotopic (exact) mass is 448 g/mol. The van der Waals surface area contributed by atoms with Gasteiger partial charge in [-0.3, -0.25) is 14.0 Å². The lowest BCUT2D eigenvalue weighted by molar-refractivity contribution is 0.0538. The van der Waals surface area contributed by atoms with Crippen LogP contribution in [0.15, 0.2) is 35.8 Å². The molecule has 6 nitrogen and oxygen atoms in total. The highest BCUT2D eigenvalue weighted by Crippen LogP contribution is 2.29. The summed E-state index contributed by atoms with van der Waals surface area (Å²) < 4.78 is 15.2. The maximum Gasteiger partial charge on any atom is 0.264 e. The lowest BCUT2D eigenvalue weighted by Crippen LogP contribution is -2.50. The number of halogens is 2. The van der Waals surface area contributed by atoms with Crippen LogP contribution in [0.25, 0.3) is 15.3 Å². The Hall–Kier alpha value is -2.49. The van der Waals surface area contributed by atoms with Gasteiger partial charge in [-0.25, -0.2) is 9.37 Å². The van der Waals surface area contributed by atoms with Crippen molar-refractivity contribution in [3.8, 4) is 0 Å². The van der Waals surface area contributed by atoms with Crippen LogP contribution in [-0.2, 0) is 0 Å². The quantitative estimate of drug-likeness (QED) is 0.465. The molecule has 4 heterocycles.